The fraction of sp³-hybridized carbons (Fsp3) is 0.688. The number of ether oxygens (including phenoxy) is 2. The van der Waals surface area contributed by atoms with Gasteiger partial charge in [-0.05, 0) is 39.4 Å². The van der Waals surface area contributed by atoms with Crippen LogP contribution in [0.5, 0.6) is 5.75 Å². The van der Waals surface area contributed by atoms with Gasteiger partial charge in [-0.1, -0.05) is 0 Å². The molecule has 0 spiro atoms. The molecule has 2 rings (SSSR count). The highest BCUT2D eigenvalue weighted by atomic mass is 16.5. The molecule has 1 N–H and O–H groups in total. The number of nitrogens with zero attached hydrogens (tertiary/aromatic N) is 2. The van der Waals surface area contributed by atoms with E-state index in [0.29, 0.717) is 6.61 Å². The van der Waals surface area contributed by atoms with E-state index in [0.717, 1.165) is 37.6 Å². The van der Waals surface area contributed by atoms with Crippen molar-refractivity contribution >= 4 is 0 Å². The fourth-order valence-corrected chi connectivity index (χ4v) is 3.09. The molecule has 0 amide bonds. The Morgan fingerprint density at radius 2 is 2.10 bits per heavy atom. The molecule has 1 aliphatic heterocycles. The van der Waals surface area contributed by atoms with Gasteiger partial charge in [-0.2, -0.15) is 0 Å². The highest BCUT2D eigenvalue weighted by molar-refractivity contribution is 5.28. The quantitative estimate of drug-likeness (QED) is 0.867. The van der Waals surface area contributed by atoms with Crippen molar-refractivity contribution in [2.24, 2.45) is 0 Å². The number of hydrogen-bond acceptors (Lipinski definition) is 5. The van der Waals surface area contributed by atoms with E-state index in [-0.39, 0.29) is 11.6 Å². The molecule has 0 bridgehead atoms. The lowest BCUT2D eigenvalue weighted by molar-refractivity contribution is -0.0229. The summed E-state index contributed by atoms with van der Waals surface area (Å²) in [5.74, 6) is 0.827. The number of likely N-dealkylation sites (N-methyl/N-ethyl adjacent to an activating group) is 1. The van der Waals surface area contributed by atoms with E-state index in [1.165, 1.54) is 0 Å². The van der Waals surface area contributed by atoms with Gasteiger partial charge in [0.1, 0.15) is 5.75 Å². The number of morpholine rings is 1. The molecule has 5 nitrogen and oxygen atoms in total. The van der Waals surface area contributed by atoms with E-state index in [4.69, 9.17) is 9.47 Å². The summed E-state index contributed by atoms with van der Waals surface area (Å²) in [5.41, 5.74) is 1.13. The predicted molar refractivity (Wildman–Crippen MR) is 83.7 cm³/mol. The van der Waals surface area contributed by atoms with Crippen LogP contribution in [0, 0.1) is 0 Å². The van der Waals surface area contributed by atoms with Crippen molar-refractivity contribution in [1.82, 2.24) is 15.2 Å². The summed E-state index contributed by atoms with van der Waals surface area (Å²) in [4.78, 5) is 6.80. The van der Waals surface area contributed by atoms with Crippen LogP contribution in [0.1, 0.15) is 32.4 Å². The molecule has 118 valence electrons. The van der Waals surface area contributed by atoms with Crippen LogP contribution in [0.3, 0.4) is 0 Å². The van der Waals surface area contributed by atoms with Crippen molar-refractivity contribution in [3.63, 3.8) is 0 Å². The summed E-state index contributed by atoms with van der Waals surface area (Å²) < 4.78 is 11.0. The third-order valence-electron chi connectivity index (χ3n) is 4.20. The zero-order valence-electron chi connectivity index (χ0n) is 13.6. The highest BCUT2D eigenvalue weighted by Crippen LogP contribution is 2.32. The largest absolute Gasteiger partial charge is 0.492 e. The second-order valence-electron chi connectivity index (χ2n) is 5.86. The minimum absolute atomic E-state index is 0.0228. The van der Waals surface area contributed by atoms with Crippen LogP contribution in [-0.2, 0) is 4.74 Å². The average Bonchev–Trinajstić information content (AvgIpc) is 2.49. The molecule has 5 heteroatoms. The summed E-state index contributed by atoms with van der Waals surface area (Å²) in [6, 6.07) is 2.27. The maximum atomic E-state index is 5.58. The smallest absolute Gasteiger partial charge is 0.137 e. The molecule has 2 heterocycles. The number of nitrogens with one attached hydrogen (secondary N) is 1. The number of aromatic nitrogens is 1. The number of hydrogen-bond donors (Lipinski definition) is 1. The molecule has 21 heavy (non-hydrogen) atoms. The first-order valence-corrected chi connectivity index (χ1v) is 7.67. The maximum Gasteiger partial charge on any atom is 0.137 e. The Labute approximate surface area is 127 Å². The highest BCUT2D eigenvalue weighted by Gasteiger charge is 2.36. The van der Waals surface area contributed by atoms with E-state index in [2.05, 4.69) is 35.1 Å². The van der Waals surface area contributed by atoms with Gasteiger partial charge in [-0.15, -0.1) is 0 Å². The van der Waals surface area contributed by atoms with Gasteiger partial charge in [0.15, 0.2) is 0 Å². The molecule has 1 unspecified atom stereocenters. The van der Waals surface area contributed by atoms with Crippen molar-refractivity contribution in [2.75, 3.05) is 40.0 Å². The zero-order chi connectivity index (χ0) is 15.3. The Hall–Kier alpha value is -1.17. The Morgan fingerprint density at radius 1 is 1.38 bits per heavy atom. The standard InChI is InChI=1S/C16H27N3O2/c1-5-21-14-10-13(11-18-12-14)15(17-4)16(2,3)19-6-8-20-9-7-19/h10-12,15,17H,5-9H2,1-4H3. The predicted octanol–water partition coefficient (Wildman–Crippen LogP) is 1.85. The zero-order valence-corrected chi connectivity index (χ0v) is 13.6. The second kappa shape index (κ2) is 7.20. The monoisotopic (exact) mass is 293 g/mol. The van der Waals surface area contributed by atoms with E-state index < -0.39 is 0 Å². The van der Waals surface area contributed by atoms with Crippen molar-refractivity contribution in [3.8, 4) is 5.75 Å². The van der Waals surface area contributed by atoms with Crippen LogP contribution < -0.4 is 10.1 Å². The molecular formula is C16H27N3O2. The molecule has 0 radical (unpaired) electrons. The first-order valence-electron chi connectivity index (χ1n) is 7.67. The Balaban J connectivity index is 2.22. The normalized spacial score (nSPS) is 18.5. The Morgan fingerprint density at radius 3 is 2.71 bits per heavy atom. The topological polar surface area (TPSA) is 46.6 Å². The van der Waals surface area contributed by atoms with Gasteiger partial charge in [0.2, 0.25) is 0 Å². The fourth-order valence-electron chi connectivity index (χ4n) is 3.09. The Bertz CT molecular complexity index is 445. The van der Waals surface area contributed by atoms with Gasteiger partial charge in [0.25, 0.3) is 0 Å². The van der Waals surface area contributed by atoms with Crippen molar-refractivity contribution in [1.29, 1.82) is 0 Å². The minimum Gasteiger partial charge on any atom is -0.492 e. The minimum atomic E-state index is -0.0228. The van der Waals surface area contributed by atoms with Crippen LogP contribution >= 0.6 is 0 Å². The number of pyridine rings is 1. The SMILES string of the molecule is CCOc1cncc(C(NC)C(C)(C)N2CCOCC2)c1. The molecular weight excluding hydrogens is 266 g/mol. The van der Waals surface area contributed by atoms with Crippen molar-refractivity contribution < 1.29 is 9.47 Å². The summed E-state index contributed by atoms with van der Waals surface area (Å²) in [5, 5.41) is 3.45. The maximum absolute atomic E-state index is 5.58. The average molecular weight is 293 g/mol. The molecule has 1 aliphatic rings. The van der Waals surface area contributed by atoms with E-state index in [1.807, 2.05) is 20.2 Å². The van der Waals surface area contributed by atoms with Gasteiger partial charge in [-0.3, -0.25) is 9.88 Å². The molecule has 1 aromatic heterocycles. The summed E-state index contributed by atoms with van der Waals surface area (Å²) in [7, 11) is 2.00. The lowest BCUT2D eigenvalue weighted by Gasteiger charge is -2.45. The molecule has 1 atom stereocenters. The van der Waals surface area contributed by atoms with Gasteiger partial charge in [0, 0.05) is 24.8 Å². The number of rotatable bonds is 6. The second-order valence-corrected chi connectivity index (χ2v) is 5.86. The summed E-state index contributed by atoms with van der Waals surface area (Å²) in [6.45, 7) is 10.7. The van der Waals surface area contributed by atoms with Crippen LogP contribution in [-0.4, -0.2) is 55.4 Å². The van der Waals surface area contributed by atoms with Crippen LogP contribution in [0.2, 0.25) is 0 Å². The molecule has 1 saturated heterocycles. The van der Waals surface area contributed by atoms with Crippen molar-refractivity contribution in [3.05, 3.63) is 24.0 Å². The van der Waals surface area contributed by atoms with E-state index >= 15 is 0 Å². The van der Waals surface area contributed by atoms with Crippen LogP contribution in [0.25, 0.3) is 0 Å². The van der Waals surface area contributed by atoms with Crippen LogP contribution in [0.4, 0.5) is 0 Å². The molecule has 1 fully saturated rings. The summed E-state index contributed by atoms with van der Waals surface area (Å²) >= 11 is 0. The molecule has 0 saturated carbocycles. The van der Waals surface area contributed by atoms with E-state index in [1.54, 1.807) is 6.20 Å². The molecule has 1 aromatic rings. The van der Waals surface area contributed by atoms with Crippen LogP contribution in [0.15, 0.2) is 18.5 Å². The first-order chi connectivity index (χ1) is 10.1. The third-order valence-corrected chi connectivity index (χ3v) is 4.20. The van der Waals surface area contributed by atoms with Gasteiger partial charge in [-0.25, -0.2) is 0 Å². The van der Waals surface area contributed by atoms with Gasteiger partial charge < -0.3 is 14.8 Å². The Kier molecular flexibility index (Phi) is 5.56. The molecule has 0 aliphatic carbocycles. The lowest BCUT2D eigenvalue weighted by atomic mass is 9.87. The van der Waals surface area contributed by atoms with Gasteiger partial charge in [0.05, 0.1) is 32.1 Å². The summed E-state index contributed by atoms with van der Waals surface area (Å²) in [6.07, 6.45) is 3.69. The van der Waals surface area contributed by atoms with Crippen molar-refractivity contribution in [2.45, 2.75) is 32.4 Å². The van der Waals surface area contributed by atoms with Gasteiger partial charge >= 0.3 is 0 Å². The lowest BCUT2D eigenvalue weighted by Crippen LogP contribution is -2.55. The first kappa shape index (κ1) is 16.2. The third kappa shape index (κ3) is 3.73. The molecule has 0 aromatic carbocycles. The van der Waals surface area contributed by atoms with E-state index in [9.17, 15) is 0 Å².